The topological polar surface area (TPSA) is 67.9 Å². The smallest absolute Gasteiger partial charge is 0.407 e. The lowest BCUT2D eigenvalue weighted by Crippen LogP contribution is -2.31. The Kier molecular flexibility index (Phi) is 8.08. The van der Waals surface area contributed by atoms with Gasteiger partial charge < -0.3 is 19.7 Å². The van der Waals surface area contributed by atoms with Crippen molar-refractivity contribution in [2.75, 3.05) is 13.7 Å². The van der Waals surface area contributed by atoms with Gasteiger partial charge >= 0.3 is 6.09 Å². The van der Waals surface area contributed by atoms with E-state index in [-0.39, 0.29) is 18.6 Å². The Hall–Kier alpha value is -3.32. The van der Waals surface area contributed by atoms with Crippen LogP contribution in [0.3, 0.4) is 0 Å². The number of aryl methyl sites for hydroxylation is 1. The highest BCUT2D eigenvalue weighted by atomic mass is 79.9. The van der Waals surface area contributed by atoms with Crippen molar-refractivity contribution in [2.24, 2.45) is 0 Å². The van der Waals surface area contributed by atoms with Crippen LogP contribution in [0.1, 0.15) is 51.5 Å². The van der Waals surface area contributed by atoms with Crippen LogP contribution in [0.15, 0.2) is 71.2 Å². The van der Waals surface area contributed by atoms with Gasteiger partial charge in [-0.15, -0.1) is 0 Å². The van der Waals surface area contributed by atoms with Crippen molar-refractivity contribution in [2.45, 2.75) is 39.0 Å². The van der Waals surface area contributed by atoms with E-state index in [1.807, 2.05) is 72.5 Å². The van der Waals surface area contributed by atoms with E-state index < -0.39 is 6.09 Å². The van der Waals surface area contributed by atoms with Crippen molar-refractivity contribution in [1.29, 1.82) is 0 Å². The van der Waals surface area contributed by atoms with Gasteiger partial charge in [-0.1, -0.05) is 64.5 Å². The molecule has 1 atom stereocenters. The second-order valence-electron chi connectivity index (χ2n) is 8.57. The van der Waals surface area contributed by atoms with Crippen LogP contribution in [0.25, 0.3) is 0 Å². The Morgan fingerprint density at radius 3 is 2.63 bits per heavy atom. The van der Waals surface area contributed by atoms with Gasteiger partial charge in [0.15, 0.2) is 0 Å². The van der Waals surface area contributed by atoms with Crippen molar-refractivity contribution < 1.29 is 19.1 Å². The summed E-state index contributed by atoms with van der Waals surface area (Å²) in [5.74, 6) is 0.837. The first-order chi connectivity index (χ1) is 17.0. The maximum atomic E-state index is 13.3. The number of benzene rings is 3. The second-order valence-corrected chi connectivity index (χ2v) is 9.43. The first kappa shape index (κ1) is 24.8. The monoisotopic (exact) mass is 536 g/mol. The van der Waals surface area contributed by atoms with Crippen LogP contribution in [0.2, 0.25) is 0 Å². The average molecular weight is 537 g/mol. The first-order valence-corrected chi connectivity index (χ1v) is 12.4. The number of hydrogen-bond donors (Lipinski definition) is 1. The van der Waals surface area contributed by atoms with Crippen molar-refractivity contribution in [3.8, 4) is 5.75 Å². The molecule has 3 aromatic carbocycles. The van der Waals surface area contributed by atoms with Crippen LogP contribution in [0.5, 0.6) is 5.75 Å². The molecule has 2 amide bonds. The molecule has 0 unspecified atom stereocenters. The van der Waals surface area contributed by atoms with Crippen LogP contribution in [-0.4, -0.2) is 30.6 Å². The molecule has 0 bridgehead atoms. The lowest BCUT2D eigenvalue weighted by Gasteiger charge is -2.29. The molecular weight excluding hydrogens is 508 g/mol. The molecule has 4 rings (SSSR count). The molecule has 1 aliphatic rings. The average Bonchev–Trinajstić information content (AvgIpc) is 3.21. The molecule has 0 aliphatic carbocycles. The number of rotatable bonds is 9. The van der Waals surface area contributed by atoms with Gasteiger partial charge in [-0.2, -0.15) is 0 Å². The van der Waals surface area contributed by atoms with Crippen LogP contribution in [-0.2, 0) is 17.9 Å². The lowest BCUT2D eigenvalue weighted by molar-refractivity contribution is 0.0688. The van der Waals surface area contributed by atoms with Crippen molar-refractivity contribution in [1.82, 2.24) is 10.2 Å². The molecule has 0 saturated carbocycles. The molecule has 1 aliphatic heterocycles. The first-order valence-electron chi connectivity index (χ1n) is 11.7. The molecule has 0 saturated heterocycles. The van der Waals surface area contributed by atoms with Crippen LogP contribution >= 0.6 is 15.9 Å². The summed E-state index contributed by atoms with van der Waals surface area (Å²) in [4.78, 5) is 27.4. The van der Waals surface area contributed by atoms with Gasteiger partial charge in [-0.05, 0) is 60.2 Å². The van der Waals surface area contributed by atoms with Gasteiger partial charge in [0.25, 0.3) is 5.91 Å². The number of halogens is 1. The molecular formula is C28H29BrN2O4. The van der Waals surface area contributed by atoms with E-state index in [9.17, 15) is 9.59 Å². The SMILES string of the molecule is COc1ccc([C@@H](CCCNC(=O)OCc2ccccc2)N2Cc3c(Br)cccc3C2=O)cc1C. The Balaban J connectivity index is 1.42. The summed E-state index contributed by atoms with van der Waals surface area (Å²) < 4.78 is 11.7. The lowest BCUT2D eigenvalue weighted by atomic mass is 9.98. The number of nitrogens with one attached hydrogen (secondary N) is 1. The standard InChI is InChI=1S/C28H29BrN2O4/c1-19-16-21(13-14-26(19)34-2)25(31-17-23-22(27(31)32)10-6-11-24(23)29)12-7-15-30-28(33)35-18-20-8-4-3-5-9-20/h3-6,8-11,13-14,16,25H,7,12,15,17-18H2,1-2H3,(H,30,33)/t25-/m1/s1. The third kappa shape index (κ3) is 5.85. The van der Waals surface area contributed by atoms with E-state index in [4.69, 9.17) is 9.47 Å². The summed E-state index contributed by atoms with van der Waals surface area (Å²) in [6.07, 6.45) is 0.943. The molecule has 3 aromatic rings. The molecule has 35 heavy (non-hydrogen) atoms. The van der Waals surface area contributed by atoms with Gasteiger partial charge in [0, 0.05) is 23.1 Å². The van der Waals surface area contributed by atoms with E-state index in [0.717, 1.165) is 38.0 Å². The number of carbonyl (C=O) groups is 2. The minimum atomic E-state index is -0.445. The van der Waals surface area contributed by atoms with Crippen molar-refractivity contribution in [3.05, 3.63) is 99.0 Å². The Morgan fingerprint density at radius 2 is 1.91 bits per heavy atom. The number of nitrogens with zero attached hydrogens (tertiary/aromatic N) is 1. The molecule has 1 heterocycles. The zero-order valence-electron chi connectivity index (χ0n) is 19.9. The summed E-state index contributed by atoms with van der Waals surface area (Å²) in [6.45, 7) is 3.23. The summed E-state index contributed by atoms with van der Waals surface area (Å²) >= 11 is 3.59. The largest absolute Gasteiger partial charge is 0.496 e. The minimum absolute atomic E-state index is 0.0231. The number of carbonyl (C=O) groups excluding carboxylic acids is 2. The predicted molar refractivity (Wildman–Crippen MR) is 138 cm³/mol. The minimum Gasteiger partial charge on any atom is -0.496 e. The zero-order valence-corrected chi connectivity index (χ0v) is 21.5. The second kappa shape index (κ2) is 11.4. The summed E-state index contributed by atoms with van der Waals surface area (Å²) in [5, 5.41) is 2.83. The van der Waals surface area contributed by atoms with Crippen LogP contribution in [0.4, 0.5) is 4.79 Å². The highest BCUT2D eigenvalue weighted by Crippen LogP contribution is 2.37. The van der Waals surface area contributed by atoms with Crippen molar-refractivity contribution in [3.63, 3.8) is 0 Å². The van der Waals surface area contributed by atoms with E-state index >= 15 is 0 Å². The van der Waals surface area contributed by atoms with E-state index in [1.165, 1.54) is 0 Å². The van der Waals surface area contributed by atoms with Crippen LogP contribution < -0.4 is 10.1 Å². The van der Waals surface area contributed by atoms with Gasteiger partial charge in [0.05, 0.1) is 13.2 Å². The number of methoxy groups -OCH3 is 1. The number of alkyl carbamates (subject to hydrolysis) is 1. The molecule has 182 valence electrons. The van der Waals surface area contributed by atoms with E-state index in [2.05, 4.69) is 27.3 Å². The molecule has 6 nitrogen and oxygen atoms in total. The number of fused-ring (bicyclic) bond motifs is 1. The maximum absolute atomic E-state index is 13.3. The Labute approximate surface area is 214 Å². The Morgan fingerprint density at radius 1 is 1.11 bits per heavy atom. The van der Waals surface area contributed by atoms with Gasteiger partial charge in [0.2, 0.25) is 0 Å². The maximum Gasteiger partial charge on any atom is 0.407 e. The molecule has 0 aromatic heterocycles. The number of hydrogen-bond acceptors (Lipinski definition) is 4. The third-order valence-corrected chi connectivity index (χ3v) is 7.00. The summed E-state index contributed by atoms with van der Waals surface area (Å²) in [7, 11) is 1.65. The fourth-order valence-corrected chi connectivity index (χ4v) is 4.93. The quantitative estimate of drug-likeness (QED) is 0.332. The Bertz CT molecular complexity index is 1200. The van der Waals surface area contributed by atoms with E-state index in [0.29, 0.717) is 25.9 Å². The predicted octanol–water partition coefficient (Wildman–Crippen LogP) is 6.17. The molecule has 7 heteroatoms. The number of ether oxygens (including phenoxy) is 2. The third-order valence-electron chi connectivity index (χ3n) is 6.25. The van der Waals surface area contributed by atoms with Crippen molar-refractivity contribution >= 4 is 27.9 Å². The molecule has 1 N–H and O–H groups in total. The van der Waals surface area contributed by atoms with Gasteiger partial charge in [0.1, 0.15) is 12.4 Å². The number of amides is 2. The van der Waals surface area contributed by atoms with Gasteiger partial charge in [-0.25, -0.2) is 4.79 Å². The highest BCUT2D eigenvalue weighted by molar-refractivity contribution is 9.10. The summed E-state index contributed by atoms with van der Waals surface area (Å²) in [5.41, 5.74) is 4.75. The molecule has 0 radical (unpaired) electrons. The zero-order chi connectivity index (χ0) is 24.8. The summed E-state index contributed by atoms with van der Waals surface area (Å²) in [6, 6.07) is 21.2. The van der Waals surface area contributed by atoms with Gasteiger partial charge in [-0.3, -0.25) is 4.79 Å². The normalized spacial score (nSPS) is 13.3. The molecule has 0 fully saturated rings. The highest BCUT2D eigenvalue weighted by Gasteiger charge is 2.34. The fraction of sp³-hybridized carbons (Fsp3) is 0.286. The van der Waals surface area contributed by atoms with E-state index in [1.54, 1.807) is 7.11 Å². The van der Waals surface area contributed by atoms with Crippen LogP contribution in [0, 0.1) is 6.92 Å². The fourth-order valence-electron chi connectivity index (χ4n) is 4.44. The molecule has 0 spiro atoms.